The SMILES string of the molecule is CCC[C@@H](CC(=O)N[C@H](CC)CC(=O)O)NC(=O)OCC1c2ccccc2-c2ccccc21. The van der Waals surface area contributed by atoms with Crippen LogP contribution >= 0.6 is 0 Å². The van der Waals surface area contributed by atoms with Gasteiger partial charge in [-0.1, -0.05) is 68.8 Å². The Labute approximate surface area is 194 Å². The summed E-state index contributed by atoms with van der Waals surface area (Å²) in [6.07, 6.45) is 1.33. The lowest BCUT2D eigenvalue weighted by atomic mass is 9.98. The van der Waals surface area contributed by atoms with Crippen molar-refractivity contribution in [2.45, 2.75) is 64.0 Å². The Bertz CT molecular complexity index is 945. The fraction of sp³-hybridized carbons (Fsp3) is 0.423. The van der Waals surface area contributed by atoms with Gasteiger partial charge in [0, 0.05) is 24.4 Å². The summed E-state index contributed by atoms with van der Waals surface area (Å²) < 4.78 is 5.59. The Morgan fingerprint density at radius 3 is 2.06 bits per heavy atom. The van der Waals surface area contributed by atoms with Gasteiger partial charge in [-0.2, -0.15) is 0 Å². The summed E-state index contributed by atoms with van der Waals surface area (Å²) in [4.78, 5) is 35.9. The van der Waals surface area contributed by atoms with E-state index in [9.17, 15) is 14.4 Å². The zero-order chi connectivity index (χ0) is 23.8. The molecule has 7 heteroatoms. The third kappa shape index (κ3) is 6.34. The number of hydrogen-bond acceptors (Lipinski definition) is 4. The molecule has 0 spiro atoms. The number of ether oxygens (including phenoxy) is 1. The number of carboxylic acid groups (broad SMARTS) is 1. The average molecular weight is 453 g/mol. The van der Waals surface area contributed by atoms with Crippen molar-refractivity contribution >= 4 is 18.0 Å². The summed E-state index contributed by atoms with van der Waals surface area (Å²) in [6.45, 7) is 4.01. The molecule has 0 aliphatic heterocycles. The molecule has 2 aromatic carbocycles. The molecule has 0 saturated heterocycles. The maximum Gasteiger partial charge on any atom is 0.407 e. The number of nitrogens with one attached hydrogen (secondary N) is 2. The summed E-state index contributed by atoms with van der Waals surface area (Å²) in [6, 6.07) is 15.5. The average Bonchev–Trinajstić information content (AvgIpc) is 3.11. The van der Waals surface area contributed by atoms with Gasteiger partial charge >= 0.3 is 12.1 Å². The highest BCUT2D eigenvalue weighted by Gasteiger charge is 2.29. The first-order valence-corrected chi connectivity index (χ1v) is 11.6. The van der Waals surface area contributed by atoms with Crippen molar-refractivity contribution in [3.63, 3.8) is 0 Å². The van der Waals surface area contributed by atoms with Crippen molar-refractivity contribution < 1.29 is 24.2 Å². The van der Waals surface area contributed by atoms with E-state index >= 15 is 0 Å². The van der Waals surface area contributed by atoms with Crippen molar-refractivity contribution in [1.29, 1.82) is 0 Å². The number of amides is 2. The molecule has 3 N–H and O–H groups in total. The van der Waals surface area contributed by atoms with Crippen LogP contribution in [-0.4, -0.2) is 41.8 Å². The van der Waals surface area contributed by atoms with Gasteiger partial charge in [0.2, 0.25) is 5.91 Å². The molecule has 0 heterocycles. The zero-order valence-electron chi connectivity index (χ0n) is 19.2. The number of alkyl carbamates (subject to hydrolysis) is 1. The van der Waals surface area contributed by atoms with Crippen LogP contribution in [0.4, 0.5) is 4.79 Å². The molecular formula is C26H32N2O5. The van der Waals surface area contributed by atoms with Gasteiger partial charge in [0.25, 0.3) is 0 Å². The van der Waals surface area contributed by atoms with Crippen LogP contribution < -0.4 is 10.6 Å². The van der Waals surface area contributed by atoms with Gasteiger partial charge in [-0.25, -0.2) is 4.79 Å². The summed E-state index contributed by atoms with van der Waals surface area (Å²) >= 11 is 0. The second-order valence-electron chi connectivity index (χ2n) is 8.43. The molecule has 0 radical (unpaired) electrons. The summed E-state index contributed by atoms with van der Waals surface area (Å²) in [5, 5.41) is 14.5. The molecule has 7 nitrogen and oxygen atoms in total. The number of carbonyl (C=O) groups excluding carboxylic acids is 2. The van der Waals surface area contributed by atoms with Gasteiger partial charge in [0.1, 0.15) is 6.61 Å². The smallest absolute Gasteiger partial charge is 0.407 e. The normalized spacial score (nSPS) is 14.0. The maximum atomic E-state index is 12.6. The van der Waals surface area contributed by atoms with Crippen LogP contribution in [0.1, 0.15) is 63.0 Å². The highest BCUT2D eigenvalue weighted by molar-refractivity contribution is 5.80. The number of carbonyl (C=O) groups is 3. The van der Waals surface area contributed by atoms with Crippen molar-refractivity contribution in [1.82, 2.24) is 10.6 Å². The number of hydrogen-bond donors (Lipinski definition) is 3. The van der Waals surface area contributed by atoms with Crippen molar-refractivity contribution in [3.8, 4) is 11.1 Å². The van der Waals surface area contributed by atoms with Gasteiger partial charge in [0.15, 0.2) is 0 Å². The zero-order valence-corrected chi connectivity index (χ0v) is 19.2. The van der Waals surface area contributed by atoms with E-state index in [1.165, 1.54) is 0 Å². The van der Waals surface area contributed by atoms with Gasteiger partial charge in [-0.05, 0) is 35.1 Å². The molecule has 0 saturated carbocycles. The second kappa shape index (κ2) is 11.5. The summed E-state index contributed by atoms with van der Waals surface area (Å²) in [5.41, 5.74) is 4.60. The predicted molar refractivity (Wildman–Crippen MR) is 126 cm³/mol. The Balaban J connectivity index is 1.57. The highest BCUT2D eigenvalue weighted by Crippen LogP contribution is 2.44. The minimum atomic E-state index is -0.955. The monoisotopic (exact) mass is 452 g/mol. The molecular weight excluding hydrogens is 420 g/mol. The third-order valence-electron chi connectivity index (χ3n) is 6.01. The van der Waals surface area contributed by atoms with Crippen molar-refractivity contribution in [2.24, 2.45) is 0 Å². The predicted octanol–water partition coefficient (Wildman–Crippen LogP) is 4.45. The fourth-order valence-electron chi connectivity index (χ4n) is 4.40. The molecule has 0 aromatic heterocycles. The maximum absolute atomic E-state index is 12.6. The largest absolute Gasteiger partial charge is 0.481 e. The van der Waals surface area contributed by atoms with Gasteiger partial charge in [-0.3, -0.25) is 9.59 Å². The van der Waals surface area contributed by atoms with E-state index in [0.717, 1.165) is 28.7 Å². The molecule has 0 bridgehead atoms. The Morgan fingerprint density at radius 2 is 1.52 bits per heavy atom. The summed E-state index contributed by atoms with van der Waals surface area (Å²) in [7, 11) is 0. The first-order chi connectivity index (χ1) is 15.9. The van der Waals surface area contributed by atoms with E-state index in [1.54, 1.807) is 0 Å². The minimum Gasteiger partial charge on any atom is -0.481 e. The van der Waals surface area contributed by atoms with Gasteiger partial charge in [0.05, 0.1) is 6.42 Å². The molecule has 2 aromatic rings. The molecule has 2 amide bonds. The van der Waals surface area contributed by atoms with Crippen LogP contribution in [0.15, 0.2) is 48.5 Å². The third-order valence-corrected chi connectivity index (χ3v) is 6.01. The van der Waals surface area contributed by atoms with Crippen molar-refractivity contribution in [3.05, 3.63) is 59.7 Å². The lowest BCUT2D eigenvalue weighted by Gasteiger charge is -2.21. The lowest BCUT2D eigenvalue weighted by Crippen LogP contribution is -2.42. The molecule has 0 unspecified atom stereocenters. The Morgan fingerprint density at radius 1 is 0.909 bits per heavy atom. The molecule has 1 aliphatic carbocycles. The molecule has 176 valence electrons. The summed E-state index contributed by atoms with van der Waals surface area (Å²) in [5.74, 6) is -1.26. The highest BCUT2D eigenvalue weighted by atomic mass is 16.5. The first-order valence-electron chi connectivity index (χ1n) is 11.6. The van der Waals surface area contributed by atoms with E-state index < -0.39 is 18.1 Å². The van der Waals surface area contributed by atoms with Crippen LogP contribution in [0.5, 0.6) is 0 Å². The molecule has 3 rings (SSSR count). The van der Waals surface area contributed by atoms with Crippen LogP contribution in [0.3, 0.4) is 0 Å². The number of aliphatic carboxylic acids is 1. The van der Waals surface area contributed by atoms with Crippen LogP contribution in [0.25, 0.3) is 11.1 Å². The topological polar surface area (TPSA) is 105 Å². The number of benzene rings is 2. The van der Waals surface area contributed by atoms with Crippen LogP contribution in [0, 0.1) is 0 Å². The van der Waals surface area contributed by atoms with Crippen molar-refractivity contribution in [2.75, 3.05) is 6.61 Å². The minimum absolute atomic E-state index is 0.0302. The molecule has 0 fully saturated rings. The van der Waals surface area contributed by atoms with E-state index in [-0.39, 0.29) is 37.3 Å². The molecule has 2 atom stereocenters. The van der Waals surface area contributed by atoms with Crippen LogP contribution in [-0.2, 0) is 14.3 Å². The van der Waals surface area contributed by atoms with E-state index in [0.29, 0.717) is 12.8 Å². The van der Waals surface area contributed by atoms with Gasteiger partial charge < -0.3 is 20.5 Å². The second-order valence-corrected chi connectivity index (χ2v) is 8.43. The fourth-order valence-corrected chi connectivity index (χ4v) is 4.40. The Kier molecular flexibility index (Phi) is 8.46. The first kappa shape index (κ1) is 24.3. The lowest BCUT2D eigenvalue weighted by molar-refractivity contribution is -0.137. The standard InChI is InChI=1S/C26H32N2O5/c1-3-9-18(14-24(29)27-17(4-2)15-25(30)31)28-26(32)33-16-23-21-12-7-5-10-19(21)20-11-6-8-13-22(20)23/h5-8,10-13,17-18,23H,3-4,9,14-16H2,1-2H3,(H,27,29)(H,28,32)(H,30,31)/t17-,18+/m1/s1. The van der Waals surface area contributed by atoms with Gasteiger partial charge in [-0.15, -0.1) is 0 Å². The molecule has 1 aliphatic rings. The van der Waals surface area contributed by atoms with E-state index in [4.69, 9.17) is 9.84 Å². The van der Waals surface area contributed by atoms with Crippen LogP contribution in [0.2, 0.25) is 0 Å². The molecule has 33 heavy (non-hydrogen) atoms. The number of rotatable bonds is 11. The Hall–Kier alpha value is -3.35. The number of carboxylic acids is 1. The van der Waals surface area contributed by atoms with E-state index in [2.05, 4.69) is 34.9 Å². The number of fused-ring (bicyclic) bond motifs is 3. The quantitative estimate of drug-likeness (QED) is 0.467. The van der Waals surface area contributed by atoms with E-state index in [1.807, 2.05) is 38.1 Å².